The van der Waals surface area contributed by atoms with Crippen molar-refractivity contribution < 1.29 is 9.66 Å². The molecule has 1 saturated heterocycles. The van der Waals surface area contributed by atoms with E-state index in [0.717, 1.165) is 44.8 Å². The van der Waals surface area contributed by atoms with Gasteiger partial charge in [0, 0.05) is 30.3 Å². The van der Waals surface area contributed by atoms with Crippen LogP contribution in [0.2, 0.25) is 5.02 Å². The molecule has 2 N–H and O–H groups in total. The Morgan fingerprint density at radius 2 is 2.04 bits per heavy atom. The SMILES string of the molecule is Cc1ccc(Nc2ncnc(NCCCN3CCOCC3)c2[N+](=O)[O-])cc1Cl. The largest absolute Gasteiger partial charge is 0.379 e. The predicted molar refractivity (Wildman–Crippen MR) is 109 cm³/mol. The molecule has 0 saturated carbocycles. The lowest BCUT2D eigenvalue weighted by molar-refractivity contribution is -0.383. The first-order valence-corrected chi connectivity index (χ1v) is 9.49. The van der Waals surface area contributed by atoms with Crippen molar-refractivity contribution in [3.63, 3.8) is 0 Å². The summed E-state index contributed by atoms with van der Waals surface area (Å²) in [5.41, 5.74) is 1.35. The molecule has 1 aliphatic rings. The van der Waals surface area contributed by atoms with E-state index in [9.17, 15) is 10.1 Å². The third-order valence-corrected chi connectivity index (χ3v) is 4.89. The third-order valence-electron chi connectivity index (χ3n) is 4.49. The van der Waals surface area contributed by atoms with Crippen LogP contribution in [0, 0.1) is 17.0 Å². The molecular weight excluding hydrogens is 384 g/mol. The second-order valence-electron chi connectivity index (χ2n) is 6.50. The summed E-state index contributed by atoms with van der Waals surface area (Å²) >= 11 is 6.13. The van der Waals surface area contributed by atoms with Crippen LogP contribution in [0.15, 0.2) is 24.5 Å². The van der Waals surface area contributed by atoms with Crippen LogP contribution in [0.4, 0.5) is 23.0 Å². The molecule has 0 atom stereocenters. The Morgan fingerprint density at radius 1 is 1.29 bits per heavy atom. The number of aromatic nitrogens is 2. The summed E-state index contributed by atoms with van der Waals surface area (Å²) in [5.74, 6) is 0.318. The lowest BCUT2D eigenvalue weighted by Crippen LogP contribution is -2.37. The standard InChI is InChI=1S/C18H23ClN6O3/c1-13-3-4-14(11-15(13)19)23-18-16(25(26)27)17(21-12-22-18)20-5-2-6-24-7-9-28-10-8-24/h3-4,11-12H,2,5-10H2,1H3,(H2,20,21,22,23). The van der Waals surface area contributed by atoms with Crippen molar-refractivity contribution in [3.8, 4) is 0 Å². The molecule has 2 heterocycles. The zero-order valence-corrected chi connectivity index (χ0v) is 16.4. The molecule has 0 aliphatic carbocycles. The van der Waals surface area contributed by atoms with Crippen molar-refractivity contribution in [2.24, 2.45) is 0 Å². The van der Waals surface area contributed by atoms with E-state index in [1.54, 1.807) is 12.1 Å². The Hall–Kier alpha value is -2.49. The molecule has 10 heteroatoms. The van der Waals surface area contributed by atoms with E-state index in [-0.39, 0.29) is 17.3 Å². The summed E-state index contributed by atoms with van der Waals surface area (Å²) < 4.78 is 5.33. The first-order valence-electron chi connectivity index (χ1n) is 9.11. The van der Waals surface area contributed by atoms with Gasteiger partial charge < -0.3 is 15.4 Å². The number of ether oxygens (including phenoxy) is 1. The van der Waals surface area contributed by atoms with Crippen LogP contribution in [0.1, 0.15) is 12.0 Å². The molecule has 0 radical (unpaired) electrons. The maximum atomic E-state index is 11.6. The molecule has 1 aliphatic heterocycles. The Morgan fingerprint density at radius 3 is 2.75 bits per heavy atom. The Bertz CT molecular complexity index is 829. The Balaban J connectivity index is 1.66. The van der Waals surface area contributed by atoms with Gasteiger partial charge in [-0.1, -0.05) is 17.7 Å². The van der Waals surface area contributed by atoms with Crippen LogP contribution in [-0.4, -0.2) is 59.2 Å². The third kappa shape index (κ3) is 5.28. The smallest absolute Gasteiger partial charge is 0.353 e. The highest BCUT2D eigenvalue weighted by molar-refractivity contribution is 6.31. The van der Waals surface area contributed by atoms with Crippen LogP contribution in [0.5, 0.6) is 0 Å². The van der Waals surface area contributed by atoms with Crippen LogP contribution in [0.25, 0.3) is 0 Å². The number of nitrogens with zero attached hydrogens (tertiary/aromatic N) is 4. The predicted octanol–water partition coefficient (Wildman–Crippen LogP) is 3.22. The number of morpholine rings is 1. The van der Waals surface area contributed by atoms with Gasteiger partial charge in [-0.15, -0.1) is 0 Å². The number of benzene rings is 1. The molecule has 0 unspecified atom stereocenters. The molecule has 1 aromatic carbocycles. The summed E-state index contributed by atoms with van der Waals surface area (Å²) in [6.07, 6.45) is 2.15. The summed E-state index contributed by atoms with van der Waals surface area (Å²) in [4.78, 5) is 21.6. The second kappa shape index (κ2) is 9.63. The maximum absolute atomic E-state index is 11.6. The van der Waals surface area contributed by atoms with Gasteiger partial charge in [-0.2, -0.15) is 0 Å². The summed E-state index contributed by atoms with van der Waals surface area (Å²) in [6, 6.07) is 5.34. The molecular formula is C18H23ClN6O3. The van der Waals surface area contributed by atoms with Crippen molar-refractivity contribution >= 4 is 34.6 Å². The zero-order chi connectivity index (χ0) is 19.9. The van der Waals surface area contributed by atoms with E-state index >= 15 is 0 Å². The number of hydrogen-bond acceptors (Lipinski definition) is 8. The topological polar surface area (TPSA) is 105 Å². The quantitative estimate of drug-likeness (QED) is 0.391. The van der Waals surface area contributed by atoms with E-state index in [2.05, 4.69) is 25.5 Å². The molecule has 150 valence electrons. The van der Waals surface area contributed by atoms with Crippen LogP contribution in [-0.2, 0) is 4.74 Å². The first-order chi connectivity index (χ1) is 13.5. The van der Waals surface area contributed by atoms with Crippen molar-refractivity contribution in [2.75, 3.05) is 50.0 Å². The molecule has 0 amide bonds. The average molecular weight is 407 g/mol. The first kappa shape index (κ1) is 20.2. The van der Waals surface area contributed by atoms with Gasteiger partial charge in [0.25, 0.3) is 0 Å². The van der Waals surface area contributed by atoms with E-state index in [4.69, 9.17) is 16.3 Å². The number of anilines is 3. The molecule has 1 fully saturated rings. The van der Waals surface area contributed by atoms with Crippen LogP contribution >= 0.6 is 11.6 Å². The lowest BCUT2D eigenvalue weighted by atomic mass is 10.2. The van der Waals surface area contributed by atoms with E-state index in [0.29, 0.717) is 17.3 Å². The minimum absolute atomic E-state index is 0.121. The van der Waals surface area contributed by atoms with Gasteiger partial charge in [0.1, 0.15) is 6.33 Å². The summed E-state index contributed by atoms with van der Waals surface area (Å²) in [5, 5.41) is 18.2. The van der Waals surface area contributed by atoms with Crippen molar-refractivity contribution in [1.29, 1.82) is 0 Å². The van der Waals surface area contributed by atoms with Crippen LogP contribution < -0.4 is 10.6 Å². The molecule has 2 aromatic rings. The summed E-state index contributed by atoms with van der Waals surface area (Å²) in [7, 11) is 0. The molecule has 1 aromatic heterocycles. The normalized spacial score (nSPS) is 14.6. The number of hydrogen-bond donors (Lipinski definition) is 2. The van der Waals surface area contributed by atoms with Crippen molar-refractivity contribution in [1.82, 2.24) is 14.9 Å². The van der Waals surface area contributed by atoms with E-state index in [1.165, 1.54) is 6.33 Å². The van der Waals surface area contributed by atoms with Gasteiger partial charge in [-0.05, 0) is 37.6 Å². The zero-order valence-electron chi connectivity index (χ0n) is 15.7. The molecule has 0 spiro atoms. The van der Waals surface area contributed by atoms with Crippen molar-refractivity contribution in [3.05, 3.63) is 45.2 Å². The van der Waals surface area contributed by atoms with Crippen LogP contribution in [0.3, 0.4) is 0 Å². The number of halogens is 1. The highest BCUT2D eigenvalue weighted by Gasteiger charge is 2.23. The van der Waals surface area contributed by atoms with Gasteiger partial charge in [-0.25, -0.2) is 9.97 Å². The van der Waals surface area contributed by atoms with E-state index < -0.39 is 4.92 Å². The molecule has 9 nitrogen and oxygen atoms in total. The fraction of sp³-hybridized carbons (Fsp3) is 0.444. The van der Waals surface area contributed by atoms with Gasteiger partial charge in [0.15, 0.2) is 0 Å². The Kier molecular flexibility index (Phi) is 6.96. The van der Waals surface area contributed by atoms with Gasteiger partial charge >= 0.3 is 5.69 Å². The van der Waals surface area contributed by atoms with E-state index in [1.807, 2.05) is 13.0 Å². The fourth-order valence-corrected chi connectivity index (χ4v) is 3.09. The monoisotopic (exact) mass is 406 g/mol. The van der Waals surface area contributed by atoms with Gasteiger partial charge in [0.05, 0.1) is 18.1 Å². The Labute approximate surface area is 168 Å². The number of aryl methyl sites for hydroxylation is 1. The highest BCUT2D eigenvalue weighted by Crippen LogP contribution is 2.32. The average Bonchev–Trinajstić information content (AvgIpc) is 2.69. The highest BCUT2D eigenvalue weighted by atomic mass is 35.5. The molecule has 0 bridgehead atoms. The summed E-state index contributed by atoms with van der Waals surface area (Å²) in [6.45, 7) is 6.71. The number of nitro groups is 1. The minimum atomic E-state index is -0.484. The molecule has 28 heavy (non-hydrogen) atoms. The van der Waals surface area contributed by atoms with Gasteiger partial charge in [-0.3, -0.25) is 15.0 Å². The minimum Gasteiger partial charge on any atom is -0.379 e. The molecule has 3 rings (SSSR count). The maximum Gasteiger partial charge on any atom is 0.353 e. The van der Waals surface area contributed by atoms with Gasteiger partial charge in [0.2, 0.25) is 11.6 Å². The van der Waals surface area contributed by atoms with Crippen molar-refractivity contribution in [2.45, 2.75) is 13.3 Å². The number of rotatable bonds is 8. The second-order valence-corrected chi connectivity index (χ2v) is 6.91. The fourth-order valence-electron chi connectivity index (χ4n) is 2.91. The lowest BCUT2D eigenvalue weighted by Gasteiger charge is -2.26. The number of nitrogens with one attached hydrogen (secondary N) is 2.